The lowest BCUT2D eigenvalue weighted by atomic mass is 10.3. The molecule has 2 aromatic rings. The van der Waals surface area contributed by atoms with E-state index in [0.717, 1.165) is 21.6 Å². The van der Waals surface area contributed by atoms with Crippen molar-refractivity contribution in [2.24, 2.45) is 0 Å². The number of carbonyl (C=O) groups is 1. The fourth-order valence-corrected chi connectivity index (χ4v) is 3.01. The van der Waals surface area contributed by atoms with Crippen LogP contribution >= 0.6 is 22.7 Å². The van der Waals surface area contributed by atoms with E-state index in [-0.39, 0.29) is 12.5 Å². The summed E-state index contributed by atoms with van der Waals surface area (Å²) in [7, 11) is 0. The number of thiophene rings is 1. The maximum Gasteiger partial charge on any atom is 0.434 e. The highest BCUT2D eigenvalue weighted by atomic mass is 32.1. The third-order valence-electron chi connectivity index (χ3n) is 2.42. The molecule has 0 fully saturated rings. The molecule has 0 spiro atoms. The Morgan fingerprint density at radius 2 is 2.15 bits per heavy atom. The topological polar surface area (TPSA) is 42.0 Å². The van der Waals surface area contributed by atoms with Gasteiger partial charge < -0.3 is 5.32 Å². The number of aromatic nitrogens is 1. The molecular weight excluding hydrogens is 309 g/mol. The number of thiazole rings is 1. The molecule has 108 valence electrons. The summed E-state index contributed by atoms with van der Waals surface area (Å²) in [6, 6.07) is 3.72. The van der Waals surface area contributed by atoms with E-state index in [0.29, 0.717) is 17.8 Å². The Bertz CT molecular complexity index is 564. The van der Waals surface area contributed by atoms with Crippen LogP contribution in [0.1, 0.15) is 15.6 Å². The van der Waals surface area contributed by atoms with Crippen molar-refractivity contribution in [3.63, 3.8) is 0 Å². The van der Waals surface area contributed by atoms with Gasteiger partial charge in [-0.05, 0) is 11.4 Å². The molecule has 0 atom stereocenters. The van der Waals surface area contributed by atoms with Crippen molar-refractivity contribution in [3.8, 4) is 0 Å². The van der Waals surface area contributed by atoms with E-state index < -0.39 is 11.9 Å². The Hall–Kier alpha value is -1.41. The molecule has 2 rings (SSSR count). The van der Waals surface area contributed by atoms with Gasteiger partial charge in [0.05, 0.1) is 11.4 Å². The number of rotatable bonds is 5. The maximum absolute atomic E-state index is 12.3. The van der Waals surface area contributed by atoms with Crippen molar-refractivity contribution >= 4 is 28.6 Å². The minimum Gasteiger partial charge on any atom is -0.355 e. The van der Waals surface area contributed by atoms with Gasteiger partial charge in [-0.1, -0.05) is 6.07 Å². The van der Waals surface area contributed by atoms with E-state index in [2.05, 4.69) is 10.3 Å². The molecule has 0 saturated carbocycles. The number of halogens is 3. The summed E-state index contributed by atoms with van der Waals surface area (Å²) in [4.78, 5) is 16.0. The van der Waals surface area contributed by atoms with Gasteiger partial charge in [0.15, 0.2) is 5.69 Å². The van der Waals surface area contributed by atoms with E-state index >= 15 is 0 Å². The Labute approximate surface area is 121 Å². The van der Waals surface area contributed by atoms with Gasteiger partial charge in [-0.2, -0.15) is 13.2 Å². The van der Waals surface area contributed by atoms with Crippen molar-refractivity contribution in [2.45, 2.75) is 19.0 Å². The standard InChI is InChI=1S/C12H11F3N2OS2/c13-12(14,15)9-7-20-11(17-9)3-4-16-10(18)6-8-2-1-5-19-8/h1-2,5,7H,3-4,6H2,(H,16,18). The van der Waals surface area contributed by atoms with E-state index in [1.165, 1.54) is 11.3 Å². The summed E-state index contributed by atoms with van der Waals surface area (Å²) < 4.78 is 37.0. The lowest BCUT2D eigenvalue weighted by molar-refractivity contribution is -0.140. The second-order valence-electron chi connectivity index (χ2n) is 3.98. The molecule has 0 bridgehead atoms. The number of alkyl halides is 3. The van der Waals surface area contributed by atoms with Crippen LogP contribution in [0, 0.1) is 0 Å². The summed E-state index contributed by atoms with van der Waals surface area (Å²) in [5.74, 6) is -0.139. The molecule has 1 amide bonds. The number of nitrogens with one attached hydrogen (secondary N) is 1. The van der Waals surface area contributed by atoms with Gasteiger partial charge >= 0.3 is 6.18 Å². The van der Waals surface area contributed by atoms with E-state index in [1.807, 2.05) is 17.5 Å². The first-order valence-corrected chi connectivity index (χ1v) is 7.52. The first-order valence-electron chi connectivity index (χ1n) is 5.76. The molecule has 20 heavy (non-hydrogen) atoms. The molecule has 2 heterocycles. The fraction of sp³-hybridized carbons (Fsp3) is 0.333. The fourth-order valence-electron chi connectivity index (χ4n) is 1.50. The molecule has 0 saturated heterocycles. The van der Waals surface area contributed by atoms with Gasteiger partial charge in [-0.15, -0.1) is 22.7 Å². The molecular formula is C12H11F3N2OS2. The molecule has 3 nitrogen and oxygen atoms in total. The maximum atomic E-state index is 12.3. The number of nitrogens with zero attached hydrogens (tertiary/aromatic N) is 1. The van der Waals surface area contributed by atoms with Crippen LogP contribution in [0.3, 0.4) is 0 Å². The highest BCUT2D eigenvalue weighted by Crippen LogP contribution is 2.29. The second kappa shape index (κ2) is 6.36. The van der Waals surface area contributed by atoms with Crippen LogP contribution in [-0.2, 0) is 23.8 Å². The molecule has 0 aliphatic heterocycles. The van der Waals surface area contributed by atoms with Crippen LogP contribution in [0.2, 0.25) is 0 Å². The van der Waals surface area contributed by atoms with Gasteiger partial charge in [0.2, 0.25) is 5.91 Å². The van der Waals surface area contributed by atoms with Crippen molar-refractivity contribution in [1.29, 1.82) is 0 Å². The van der Waals surface area contributed by atoms with Crippen molar-refractivity contribution in [2.75, 3.05) is 6.54 Å². The molecule has 0 radical (unpaired) electrons. The number of carbonyl (C=O) groups excluding carboxylic acids is 1. The van der Waals surface area contributed by atoms with Crippen molar-refractivity contribution in [3.05, 3.63) is 38.5 Å². The second-order valence-corrected chi connectivity index (χ2v) is 5.96. The van der Waals surface area contributed by atoms with E-state index in [9.17, 15) is 18.0 Å². The van der Waals surface area contributed by atoms with Gasteiger partial charge in [-0.3, -0.25) is 4.79 Å². The van der Waals surface area contributed by atoms with Crippen LogP contribution in [0.4, 0.5) is 13.2 Å². The third-order valence-corrected chi connectivity index (χ3v) is 4.20. The minimum absolute atomic E-state index is 0.139. The lowest BCUT2D eigenvalue weighted by Gasteiger charge is -2.03. The predicted octanol–water partition coefficient (Wildman–Crippen LogP) is 3.12. The monoisotopic (exact) mass is 320 g/mol. The number of amides is 1. The minimum atomic E-state index is -4.41. The molecule has 2 aromatic heterocycles. The zero-order valence-corrected chi connectivity index (χ0v) is 11.9. The number of hydrogen-bond acceptors (Lipinski definition) is 4. The number of hydrogen-bond donors (Lipinski definition) is 1. The first kappa shape index (κ1) is 15.0. The summed E-state index contributed by atoms with van der Waals surface area (Å²) in [6.07, 6.45) is -3.81. The van der Waals surface area contributed by atoms with Crippen LogP contribution in [-0.4, -0.2) is 17.4 Å². The Balaban J connectivity index is 1.75. The van der Waals surface area contributed by atoms with Gasteiger partial charge in [-0.25, -0.2) is 4.98 Å². The van der Waals surface area contributed by atoms with Crippen LogP contribution < -0.4 is 5.32 Å². The summed E-state index contributed by atoms with van der Waals surface area (Å²) >= 11 is 2.44. The van der Waals surface area contributed by atoms with Gasteiger partial charge in [0.1, 0.15) is 0 Å². The molecule has 1 N–H and O–H groups in total. The molecule has 0 aromatic carbocycles. The third kappa shape index (κ3) is 4.31. The normalized spacial score (nSPS) is 11.6. The summed E-state index contributed by atoms with van der Waals surface area (Å²) in [5, 5.41) is 5.91. The largest absolute Gasteiger partial charge is 0.434 e. The molecule has 0 aliphatic carbocycles. The highest BCUT2D eigenvalue weighted by molar-refractivity contribution is 7.10. The van der Waals surface area contributed by atoms with Gasteiger partial charge in [0, 0.05) is 23.2 Å². The SMILES string of the molecule is O=C(Cc1cccs1)NCCc1nc(C(F)(F)F)cs1. The van der Waals surface area contributed by atoms with E-state index in [4.69, 9.17) is 0 Å². The van der Waals surface area contributed by atoms with Crippen LogP contribution in [0.5, 0.6) is 0 Å². The Morgan fingerprint density at radius 3 is 2.75 bits per heavy atom. The quantitative estimate of drug-likeness (QED) is 0.920. The average molecular weight is 320 g/mol. The highest BCUT2D eigenvalue weighted by Gasteiger charge is 2.33. The summed E-state index contributed by atoms with van der Waals surface area (Å²) in [5.41, 5.74) is -0.873. The average Bonchev–Trinajstić information content (AvgIpc) is 2.98. The molecule has 0 unspecified atom stereocenters. The smallest absolute Gasteiger partial charge is 0.355 e. The van der Waals surface area contributed by atoms with Crippen molar-refractivity contribution < 1.29 is 18.0 Å². The molecule has 0 aliphatic rings. The first-order chi connectivity index (χ1) is 9.45. The lowest BCUT2D eigenvalue weighted by Crippen LogP contribution is -2.26. The zero-order valence-electron chi connectivity index (χ0n) is 10.2. The van der Waals surface area contributed by atoms with Crippen LogP contribution in [0.25, 0.3) is 0 Å². The molecule has 8 heteroatoms. The van der Waals surface area contributed by atoms with Crippen molar-refractivity contribution in [1.82, 2.24) is 10.3 Å². The Morgan fingerprint density at radius 1 is 1.35 bits per heavy atom. The predicted molar refractivity (Wildman–Crippen MR) is 71.9 cm³/mol. The Kier molecular flexibility index (Phi) is 4.77. The van der Waals surface area contributed by atoms with Gasteiger partial charge in [0.25, 0.3) is 0 Å². The van der Waals surface area contributed by atoms with E-state index in [1.54, 1.807) is 0 Å². The zero-order chi connectivity index (χ0) is 14.6. The van der Waals surface area contributed by atoms with Crippen LogP contribution in [0.15, 0.2) is 22.9 Å². The summed E-state index contributed by atoms with van der Waals surface area (Å²) in [6.45, 7) is 0.287.